The monoisotopic (exact) mass is 814 g/mol. The molecule has 0 spiro atoms. The van der Waals surface area contributed by atoms with Crippen molar-refractivity contribution in [1.82, 2.24) is 39.7 Å². The first-order valence-corrected chi connectivity index (χ1v) is 19.2. The van der Waals surface area contributed by atoms with Gasteiger partial charge in [-0.1, -0.05) is 0 Å². The van der Waals surface area contributed by atoms with Crippen LogP contribution in [-0.4, -0.2) is 80.5 Å². The van der Waals surface area contributed by atoms with Gasteiger partial charge in [-0.15, -0.1) is 11.3 Å². The van der Waals surface area contributed by atoms with E-state index in [1.54, 1.807) is 109 Å². The summed E-state index contributed by atoms with van der Waals surface area (Å²) in [5, 5.41) is 12.7. The highest BCUT2D eigenvalue weighted by molar-refractivity contribution is 7.15. The lowest BCUT2D eigenvalue weighted by molar-refractivity contribution is 0.0217. The Balaban J connectivity index is 1.49. The van der Waals surface area contributed by atoms with E-state index < -0.39 is 23.4 Å². The van der Waals surface area contributed by atoms with Gasteiger partial charge in [-0.2, -0.15) is 10.2 Å². The Morgan fingerprint density at radius 2 is 1.55 bits per heavy atom. The normalized spacial score (nSPS) is 11.4. The third-order valence-corrected chi connectivity index (χ3v) is 10.3. The number of carbonyl (C=O) groups is 2. The van der Waals surface area contributed by atoms with Gasteiger partial charge in [0.15, 0.2) is 5.82 Å². The predicted molar refractivity (Wildman–Crippen MR) is 217 cm³/mol. The largest absolute Gasteiger partial charge is 0.497 e. The van der Waals surface area contributed by atoms with Crippen LogP contribution in [0.15, 0.2) is 48.7 Å². The molecule has 0 aliphatic rings. The molecule has 0 unspecified atom stereocenters. The number of rotatable bonds is 14. The van der Waals surface area contributed by atoms with Gasteiger partial charge >= 0.3 is 6.09 Å². The van der Waals surface area contributed by atoms with Crippen LogP contribution in [0.1, 0.15) is 59.9 Å². The van der Waals surface area contributed by atoms with Crippen molar-refractivity contribution < 1.29 is 37.7 Å². The minimum Gasteiger partial charge on any atom is -0.497 e. The summed E-state index contributed by atoms with van der Waals surface area (Å²) in [6, 6.07) is 12.3. The summed E-state index contributed by atoms with van der Waals surface area (Å²) in [4.78, 5) is 39.9. The number of halogens is 1. The molecule has 2 amide bonds. The Labute approximate surface area is 339 Å². The van der Waals surface area contributed by atoms with Crippen LogP contribution in [0.5, 0.6) is 23.0 Å². The van der Waals surface area contributed by atoms with Crippen molar-refractivity contribution >= 4 is 34.2 Å². The van der Waals surface area contributed by atoms with E-state index in [9.17, 15) is 9.59 Å². The van der Waals surface area contributed by atoms with Crippen molar-refractivity contribution in [3.8, 4) is 45.1 Å². The molecule has 0 saturated heterocycles. The van der Waals surface area contributed by atoms with E-state index in [-0.39, 0.29) is 36.7 Å². The Hall–Kier alpha value is -6.23. The molecule has 0 aliphatic heterocycles. The number of ether oxygens (including phenoxy) is 5. The molecule has 6 aromatic rings. The van der Waals surface area contributed by atoms with Crippen molar-refractivity contribution in [3.05, 3.63) is 81.9 Å². The first kappa shape index (κ1) is 41.4. The fourth-order valence-corrected chi connectivity index (χ4v) is 7.44. The molecule has 1 N–H and O–H groups in total. The average molecular weight is 815 g/mol. The van der Waals surface area contributed by atoms with Gasteiger partial charge in [-0.25, -0.2) is 19.2 Å². The summed E-state index contributed by atoms with van der Waals surface area (Å²) in [6.07, 6.45) is 1.03. The van der Waals surface area contributed by atoms with E-state index in [0.29, 0.717) is 67.3 Å². The molecule has 4 heterocycles. The fourth-order valence-electron chi connectivity index (χ4n) is 6.31. The Kier molecular flexibility index (Phi) is 12.2. The minimum absolute atomic E-state index is 0.0327. The molecular formula is C41H47FN8O7S. The summed E-state index contributed by atoms with van der Waals surface area (Å²) in [5.74, 6) is 1.28. The van der Waals surface area contributed by atoms with Crippen LogP contribution in [-0.2, 0) is 38.0 Å². The summed E-state index contributed by atoms with van der Waals surface area (Å²) in [7, 11) is 7.96. The van der Waals surface area contributed by atoms with Crippen LogP contribution in [0.3, 0.4) is 0 Å². The van der Waals surface area contributed by atoms with Crippen molar-refractivity contribution in [3.63, 3.8) is 0 Å². The van der Waals surface area contributed by atoms with Crippen LogP contribution in [0, 0.1) is 12.7 Å². The van der Waals surface area contributed by atoms with E-state index in [1.807, 2.05) is 19.1 Å². The predicted octanol–water partition coefficient (Wildman–Crippen LogP) is 7.32. The number of thiazole rings is 1. The maximum absolute atomic E-state index is 15.9. The SMILES string of the molecule is CCn1nc(C)c(F)c1-c1nc(-c2nc(C(=O)NCc3ccc(OC)cc3OC)cc3c2cnn3C)c(CN(Cc2ccc(OC)cc2OC)C(=O)OC(C)(C)C)s1. The summed E-state index contributed by atoms with van der Waals surface area (Å²) in [6.45, 7) is 9.37. The first-order valence-electron chi connectivity index (χ1n) is 18.4. The highest BCUT2D eigenvalue weighted by atomic mass is 32.1. The van der Waals surface area contributed by atoms with Gasteiger partial charge in [0.05, 0.1) is 63.8 Å². The number of pyridine rings is 1. The molecule has 0 aliphatic carbocycles. The molecule has 4 aromatic heterocycles. The van der Waals surface area contributed by atoms with Crippen molar-refractivity contribution in [1.29, 1.82) is 0 Å². The lowest BCUT2D eigenvalue weighted by Gasteiger charge is -2.28. The number of benzene rings is 2. The lowest BCUT2D eigenvalue weighted by atomic mass is 10.1. The van der Waals surface area contributed by atoms with E-state index in [0.717, 1.165) is 5.56 Å². The molecule has 58 heavy (non-hydrogen) atoms. The number of fused-ring (bicyclic) bond motifs is 1. The highest BCUT2D eigenvalue weighted by Gasteiger charge is 2.30. The molecule has 0 bridgehead atoms. The van der Waals surface area contributed by atoms with Gasteiger partial charge in [0.2, 0.25) is 0 Å². The molecule has 2 aromatic carbocycles. The second-order valence-corrected chi connectivity index (χ2v) is 15.4. The number of nitrogens with zero attached hydrogens (tertiary/aromatic N) is 7. The number of carbonyl (C=O) groups excluding carboxylic acids is 2. The van der Waals surface area contributed by atoms with E-state index in [2.05, 4.69) is 15.5 Å². The molecule has 0 fully saturated rings. The third kappa shape index (κ3) is 8.68. The zero-order chi connectivity index (χ0) is 41.9. The topological polar surface area (TPSA) is 157 Å². The lowest BCUT2D eigenvalue weighted by Crippen LogP contribution is -2.36. The number of methoxy groups -OCH3 is 4. The molecule has 17 heteroatoms. The van der Waals surface area contributed by atoms with Crippen LogP contribution in [0.2, 0.25) is 0 Å². The molecule has 0 saturated carbocycles. The summed E-state index contributed by atoms with van der Waals surface area (Å²) < 4.78 is 46.9. The molecule has 0 radical (unpaired) electrons. The molecule has 6 rings (SSSR count). The number of amides is 2. The Morgan fingerprint density at radius 3 is 2.17 bits per heavy atom. The Bertz CT molecular complexity index is 2470. The molecule has 306 valence electrons. The second kappa shape index (κ2) is 17.1. The van der Waals surface area contributed by atoms with Gasteiger partial charge in [-0.3, -0.25) is 19.1 Å². The van der Waals surface area contributed by atoms with Crippen LogP contribution < -0.4 is 24.3 Å². The molecule has 0 atom stereocenters. The van der Waals surface area contributed by atoms with Crippen molar-refractivity contribution in [2.45, 2.75) is 66.4 Å². The van der Waals surface area contributed by atoms with Gasteiger partial charge in [0, 0.05) is 48.8 Å². The third-order valence-electron chi connectivity index (χ3n) is 9.23. The Morgan fingerprint density at radius 1 is 0.897 bits per heavy atom. The van der Waals surface area contributed by atoms with Gasteiger partial charge < -0.3 is 29.0 Å². The van der Waals surface area contributed by atoms with Crippen LogP contribution >= 0.6 is 11.3 Å². The molecule has 15 nitrogen and oxygen atoms in total. The van der Waals surface area contributed by atoms with E-state index >= 15 is 4.39 Å². The number of hydrogen-bond acceptors (Lipinski definition) is 12. The maximum atomic E-state index is 15.9. The second-order valence-electron chi connectivity index (χ2n) is 14.3. The first-order chi connectivity index (χ1) is 27.7. The zero-order valence-corrected chi connectivity index (χ0v) is 35.0. The number of aromatic nitrogens is 6. The van der Waals surface area contributed by atoms with Crippen LogP contribution in [0.25, 0.3) is 33.0 Å². The minimum atomic E-state index is -0.823. The zero-order valence-electron chi connectivity index (χ0n) is 34.2. The number of hydrogen-bond donors (Lipinski definition) is 1. The summed E-state index contributed by atoms with van der Waals surface area (Å²) in [5.41, 5.74) is 2.35. The van der Waals surface area contributed by atoms with Gasteiger partial charge in [-0.05, 0) is 65.0 Å². The van der Waals surface area contributed by atoms with Gasteiger partial charge in [0.1, 0.15) is 56.4 Å². The quantitative estimate of drug-likeness (QED) is 0.118. The number of aryl methyl sites for hydroxylation is 3. The van der Waals surface area contributed by atoms with Crippen molar-refractivity contribution in [2.24, 2.45) is 7.05 Å². The molecular weight excluding hydrogens is 768 g/mol. The highest BCUT2D eigenvalue weighted by Crippen LogP contribution is 2.39. The smallest absolute Gasteiger partial charge is 0.410 e. The van der Waals surface area contributed by atoms with Crippen molar-refractivity contribution in [2.75, 3.05) is 28.4 Å². The van der Waals surface area contributed by atoms with Crippen LogP contribution in [0.4, 0.5) is 9.18 Å². The number of nitrogens with one attached hydrogen (secondary N) is 1. The summed E-state index contributed by atoms with van der Waals surface area (Å²) >= 11 is 1.19. The maximum Gasteiger partial charge on any atom is 0.410 e. The average Bonchev–Trinajstić information content (AvgIpc) is 3.89. The standard InChI is InChI=1S/C41H47FN8O7S/c1-11-50-37(34(42)23(2)47-50)39-46-36(33(58-39)22-49(40(52)57-41(3,4)5)21-25-13-15-27(54-8)17-32(25)56-10)35-28-20-44-48(6)30(28)18-29(45-35)38(51)43-19-24-12-14-26(53-7)16-31(24)55-9/h12-18,20H,11,19,21-22H2,1-10H3,(H,43,51). The van der Waals surface area contributed by atoms with E-state index in [4.69, 9.17) is 33.7 Å². The van der Waals surface area contributed by atoms with E-state index in [1.165, 1.54) is 16.2 Å². The van der Waals surface area contributed by atoms with Gasteiger partial charge in [0.25, 0.3) is 5.91 Å². The fraction of sp³-hybridized carbons (Fsp3) is 0.366.